The van der Waals surface area contributed by atoms with E-state index in [1.807, 2.05) is 13.1 Å². The summed E-state index contributed by atoms with van der Waals surface area (Å²) in [7, 11) is 1.88. The summed E-state index contributed by atoms with van der Waals surface area (Å²) < 4.78 is 5.56. The number of nitrogens with zero attached hydrogens (tertiary/aromatic N) is 1. The highest BCUT2D eigenvalue weighted by molar-refractivity contribution is 6.31. The van der Waals surface area contributed by atoms with Crippen molar-refractivity contribution in [2.75, 3.05) is 13.7 Å². The Morgan fingerprint density at radius 2 is 2.25 bits per heavy atom. The van der Waals surface area contributed by atoms with Gasteiger partial charge < -0.3 is 10.1 Å². The number of halogens is 1. The van der Waals surface area contributed by atoms with Gasteiger partial charge in [0.15, 0.2) is 0 Å². The summed E-state index contributed by atoms with van der Waals surface area (Å²) in [4.78, 5) is 4.14. The molecule has 0 unspecified atom stereocenters. The summed E-state index contributed by atoms with van der Waals surface area (Å²) in [5.74, 6) is 1.29. The predicted octanol–water partition coefficient (Wildman–Crippen LogP) is 2.88. The van der Waals surface area contributed by atoms with Crippen LogP contribution in [0.1, 0.15) is 25.8 Å². The Labute approximate surface area is 102 Å². The third kappa shape index (κ3) is 4.37. The van der Waals surface area contributed by atoms with E-state index in [-0.39, 0.29) is 0 Å². The van der Waals surface area contributed by atoms with Crippen LogP contribution in [0.2, 0.25) is 5.02 Å². The first-order valence-corrected chi connectivity index (χ1v) is 5.93. The van der Waals surface area contributed by atoms with Crippen LogP contribution in [0.3, 0.4) is 0 Å². The predicted molar refractivity (Wildman–Crippen MR) is 67.0 cm³/mol. The smallest absolute Gasteiger partial charge is 0.213 e. The molecule has 1 N–H and O–H groups in total. The van der Waals surface area contributed by atoms with Crippen LogP contribution in [0, 0.1) is 5.92 Å². The van der Waals surface area contributed by atoms with E-state index in [2.05, 4.69) is 24.1 Å². The summed E-state index contributed by atoms with van der Waals surface area (Å²) in [6, 6.07) is 1.89. The molecular formula is C12H19ClN2O. The minimum Gasteiger partial charge on any atom is -0.478 e. The lowest BCUT2D eigenvalue weighted by molar-refractivity contribution is 0.279. The van der Waals surface area contributed by atoms with Gasteiger partial charge in [0, 0.05) is 18.8 Å². The van der Waals surface area contributed by atoms with Crippen molar-refractivity contribution in [3.63, 3.8) is 0 Å². The molecule has 0 saturated heterocycles. The maximum Gasteiger partial charge on any atom is 0.213 e. The SMILES string of the molecule is CNCc1cc(OCCC(C)C)ncc1Cl. The van der Waals surface area contributed by atoms with Crippen LogP contribution in [0.15, 0.2) is 12.3 Å². The van der Waals surface area contributed by atoms with Crippen molar-refractivity contribution in [2.45, 2.75) is 26.8 Å². The first-order valence-electron chi connectivity index (χ1n) is 5.55. The molecule has 1 rings (SSSR count). The molecule has 90 valence electrons. The lowest BCUT2D eigenvalue weighted by atomic mass is 10.1. The third-order valence-electron chi connectivity index (χ3n) is 2.22. The molecule has 0 radical (unpaired) electrons. The molecule has 0 bridgehead atoms. The fraction of sp³-hybridized carbons (Fsp3) is 0.583. The zero-order chi connectivity index (χ0) is 12.0. The number of ether oxygens (including phenoxy) is 1. The third-order valence-corrected chi connectivity index (χ3v) is 2.56. The van der Waals surface area contributed by atoms with E-state index in [9.17, 15) is 0 Å². The van der Waals surface area contributed by atoms with Crippen LogP contribution in [0.5, 0.6) is 5.88 Å². The molecule has 0 amide bonds. The van der Waals surface area contributed by atoms with Crippen LogP contribution in [0.25, 0.3) is 0 Å². The average molecular weight is 243 g/mol. The summed E-state index contributed by atoms with van der Waals surface area (Å²) >= 11 is 6.00. The number of pyridine rings is 1. The van der Waals surface area contributed by atoms with Gasteiger partial charge in [-0.05, 0) is 24.9 Å². The Morgan fingerprint density at radius 1 is 1.50 bits per heavy atom. The first-order chi connectivity index (χ1) is 7.63. The van der Waals surface area contributed by atoms with E-state index in [0.29, 0.717) is 23.4 Å². The van der Waals surface area contributed by atoms with Crippen molar-refractivity contribution in [2.24, 2.45) is 5.92 Å². The molecule has 1 aromatic rings. The Kier molecular flexibility index (Phi) is 5.56. The number of nitrogens with one attached hydrogen (secondary N) is 1. The Morgan fingerprint density at radius 3 is 2.88 bits per heavy atom. The normalized spacial score (nSPS) is 10.8. The summed E-state index contributed by atoms with van der Waals surface area (Å²) in [6.07, 6.45) is 2.67. The molecule has 0 atom stereocenters. The zero-order valence-electron chi connectivity index (χ0n) is 10.1. The number of hydrogen-bond acceptors (Lipinski definition) is 3. The standard InChI is InChI=1S/C12H19ClN2O/c1-9(2)4-5-16-12-6-10(7-14-3)11(13)8-15-12/h6,8-9,14H,4-5,7H2,1-3H3. The molecule has 3 nitrogen and oxygen atoms in total. The zero-order valence-corrected chi connectivity index (χ0v) is 10.8. The van der Waals surface area contributed by atoms with Crippen LogP contribution >= 0.6 is 11.6 Å². The van der Waals surface area contributed by atoms with Crippen molar-refractivity contribution in [3.05, 3.63) is 22.8 Å². The van der Waals surface area contributed by atoms with Gasteiger partial charge in [0.05, 0.1) is 11.6 Å². The first kappa shape index (κ1) is 13.3. The molecule has 4 heteroatoms. The Bertz CT molecular complexity index is 329. The van der Waals surface area contributed by atoms with E-state index < -0.39 is 0 Å². The van der Waals surface area contributed by atoms with E-state index in [1.54, 1.807) is 6.20 Å². The van der Waals surface area contributed by atoms with Crippen molar-refractivity contribution in [1.82, 2.24) is 10.3 Å². The molecule has 0 aliphatic carbocycles. The van der Waals surface area contributed by atoms with Crippen molar-refractivity contribution < 1.29 is 4.74 Å². The van der Waals surface area contributed by atoms with Crippen LogP contribution < -0.4 is 10.1 Å². The van der Waals surface area contributed by atoms with Crippen LogP contribution in [0.4, 0.5) is 0 Å². The van der Waals surface area contributed by atoms with E-state index in [1.165, 1.54) is 0 Å². The van der Waals surface area contributed by atoms with Crippen molar-refractivity contribution >= 4 is 11.6 Å². The van der Waals surface area contributed by atoms with E-state index in [4.69, 9.17) is 16.3 Å². The van der Waals surface area contributed by atoms with Gasteiger partial charge in [-0.2, -0.15) is 0 Å². The van der Waals surface area contributed by atoms with Gasteiger partial charge in [-0.15, -0.1) is 0 Å². The molecule has 0 aliphatic rings. The molecule has 16 heavy (non-hydrogen) atoms. The lowest BCUT2D eigenvalue weighted by Gasteiger charge is -2.09. The molecule has 0 saturated carbocycles. The summed E-state index contributed by atoms with van der Waals surface area (Å²) in [6.45, 7) is 5.77. The molecule has 0 spiro atoms. The van der Waals surface area contributed by atoms with Gasteiger partial charge >= 0.3 is 0 Å². The highest BCUT2D eigenvalue weighted by Gasteiger charge is 2.04. The maximum absolute atomic E-state index is 6.00. The fourth-order valence-electron chi connectivity index (χ4n) is 1.26. The second kappa shape index (κ2) is 6.71. The minimum atomic E-state index is 0.643. The van der Waals surface area contributed by atoms with Gasteiger partial charge in [-0.3, -0.25) is 0 Å². The number of aromatic nitrogens is 1. The van der Waals surface area contributed by atoms with Gasteiger partial charge in [0.1, 0.15) is 0 Å². The van der Waals surface area contributed by atoms with E-state index in [0.717, 1.165) is 18.5 Å². The second-order valence-corrected chi connectivity index (χ2v) is 4.58. The average Bonchev–Trinajstić information content (AvgIpc) is 2.22. The fourth-order valence-corrected chi connectivity index (χ4v) is 1.43. The topological polar surface area (TPSA) is 34.1 Å². The van der Waals surface area contributed by atoms with Crippen molar-refractivity contribution in [3.8, 4) is 5.88 Å². The van der Waals surface area contributed by atoms with Crippen LogP contribution in [-0.4, -0.2) is 18.6 Å². The second-order valence-electron chi connectivity index (χ2n) is 4.18. The van der Waals surface area contributed by atoms with Gasteiger partial charge in [0.2, 0.25) is 5.88 Å². The quantitative estimate of drug-likeness (QED) is 0.833. The van der Waals surface area contributed by atoms with Gasteiger partial charge in [-0.1, -0.05) is 25.4 Å². The van der Waals surface area contributed by atoms with E-state index >= 15 is 0 Å². The number of hydrogen-bond donors (Lipinski definition) is 1. The molecule has 0 fully saturated rings. The molecular weight excluding hydrogens is 224 g/mol. The van der Waals surface area contributed by atoms with Gasteiger partial charge in [0.25, 0.3) is 0 Å². The van der Waals surface area contributed by atoms with Crippen LogP contribution in [-0.2, 0) is 6.54 Å². The summed E-state index contributed by atoms with van der Waals surface area (Å²) in [5.41, 5.74) is 1.01. The number of rotatable bonds is 6. The highest BCUT2D eigenvalue weighted by atomic mass is 35.5. The summed E-state index contributed by atoms with van der Waals surface area (Å²) in [5, 5.41) is 3.73. The molecule has 1 aromatic heterocycles. The minimum absolute atomic E-state index is 0.643. The Balaban J connectivity index is 2.56. The lowest BCUT2D eigenvalue weighted by Crippen LogP contribution is -2.07. The Hall–Kier alpha value is -0.800. The van der Waals surface area contributed by atoms with Gasteiger partial charge in [-0.25, -0.2) is 4.98 Å². The molecule has 0 aromatic carbocycles. The molecule has 1 heterocycles. The monoisotopic (exact) mass is 242 g/mol. The molecule has 0 aliphatic heterocycles. The largest absolute Gasteiger partial charge is 0.478 e. The highest BCUT2D eigenvalue weighted by Crippen LogP contribution is 2.19. The maximum atomic E-state index is 6.00. The van der Waals surface area contributed by atoms with Crippen molar-refractivity contribution in [1.29, 1.82) is 0 Å².